The Balaban J connectivity index is 2.60. The van der Waals surface area contributed by atoms with E-state index in [2.05, 4.69) is 4.42 Å². The first-order chi connectivity index (χ1) is 8.54. The van der Waals surface area contributed by atoms with Crippen LogP contribution in [0.4, 0.5) is 0 Å². The molecule has 0 aliphatic carbocycles. The molecule has 6 nitrogen and oxygen atoms in total. The Morgan fingerprint density at radius 3 is 2.89 bits per heavy atom. The molecule has 0 amide bonds. The van der Waals surface area contributed by atoms with Crippen LogP contribution in [0.25, 0.3) is 10.2 Å². The summed E-state index contributed by atoms with van der Waals surface area (Å²) in [6.07, 6.45) is 0. The molecule has 0 bridgehead atoms. The summed E-state index contributed by atoms with van der Waals surface area (Å²) in [5.41, 5.74) is 0.0511. The van der Waals surface area contributed by atoms with E-state index < -0.39 is 17.4 Å². The Morgan fingerprint density at radius 1 is 1.50 bits per heavy atom. The first kappa shape index (κ1) is 12.6. The summed E-state index contributed by atoms with van der Waals surface area (Å²) in [7, 11) is 0. The number of rotatable bonds is 3. The van der Waals surface area contributed by atoms with Gasteiger partial charge in [0.2, 0.25) is 0 Å². The average Bonchev–Trinajstić information content (AvgIpc) is 2.67. The van der Waals surface area contributed by atoms with Crippen molar-refractivity contribution in [1.29, 1.82) is 0 Å². The van der Waals surface area contributed by atoms with E-state index in [1.165, 1.54) is 11.3 Å². The zero-order chi connectivity index (χ0) is 13.3. The van der Waals surface area contributed by atoms with Gasteiger partial charge in [0, 0.05) is 0 Å². The van der Waals surface area contributed by atoms with E-state index in [1.807, 2.05) is 0 Å². The van der Waals surface area contributed by atoms with Crippen molar-refractivity contribution in [3.05, 3.63) is 31.9 Å². The molecule has 18 heavy (non-hydrogen) atoms. The van der Waals surface area contributed by atoms with Crippen molar-refractivity contribution in [3.8, 4) is 0 Å². The predicted octanol–water partition coefficient (Wildman–Crippen LogP) is 0.888. The van der Waals surface area contributed by atoms with E-state index in [-0.39, 0.29) is 13.2 Å². The maximum absolute atomic E-state index is 11.6. The van der Waals surface area contributed by atoms with Crippen LogP contribution in [0.2, 0.25) is 0 Å². The minimum atomic E-state index is -0.845. The van der Waals surface area contributed by atoms with Gasteiger partial charge < -0.3 is 9.15 Å². The van der Waals surface area contributed by atoms with Crippen molar-refractivity contribution in [2.24, 2.45) is 0 Å². The smallest absolute Gasteiger partial charge is 0.423 e. The molecule has 0 spiro atoms. The lowest BCUT2D eigenvalue weighted by Crippen LogP contribution is -2.28. The van der Waals surface area contributed by atoms with Crippen LogP contribution in [0, 0.1) is 6.92 Å². The molecule has 2 rings (SSSR count). The van der Waals surface area contributed by atoms with Gasteiger partial charge in [-0.05, 0) is 24.8 Å². The fraction of sp³-hybridized carbons (Fsp3) is 0.364. The number of carbonyl (C=O) groups is 1. The van der Waals surface area contributed by atoms with Gasteiger partial charge in [-0.15, -0.1) is 11.3 Å². The molecule has 0 N–H and O–H groups in total. The Kier molecular flexibility index (Phi) is 3.33. The second-order valence-corrected chi connectivity index (χ2v) is 4.50. The largest absolute Gasteiger partial charge is 0.465 e. The predicted molar refractivity (Wildman–Crippen MR) is 66.0 cm³/mol. The number of hydrogen-bond acceptors (Lipinski definition) is 6. The Morgan fingerprint density at radius 2 is 2.22 bits per heavy atom. The highest BCUT2D eigenvalue weighted by molar-refractivity contribution is 7.17. The molecule has 0 atom stereocenters. The van der Waals surface area contributed by atoms with Crippen LogP contribution in [0.3, 0.4) is 0 Å². The minimum Gasteiger partial charge on any atom is -0.465 e. The molecule has 0 aliphatic rings. The van der Waals surface area contributed by atoms with Crippen LogP contribution < -0.4 is 11.4 Å². The fourth-order valence-electron chi connectivity index (χ4n) is 1.62. The van der Waals surface area contributed by atoms with Crippen LogP contribution in [0.5, 0.6) is 0 Å². The maximum Gasteiger partial charge on any atom is 0.423 e. The molecule has 0 fully saturated rings. The topological polar surface area (TPSA) is 78.5 Å². The second-order valence-electron chi connectivity index (χ2n) is 3.65. The van der Waals surface area contributed by atoms with E-state index >= 15 is 0 Å². The van der Waals surface area contributed by atoms with Gasteiger partial charge in [0.15, 0.2) is 0 Å². The highest BCUT2D eigenvalue weighted by atomic mass is 32.1. The van der Waals surface area contributed by atoms with Gasteiger partial charge in [-0.1, -0.05) is 0 Å². The van der Waals surface area contributed by atoms with Crippen LogP contribution in [-0.4, -0.2) is 17.1 Å². The Bertz CT molecular complexity index is 708. The molecule has 0 unspecified atom stereocenters. The summed E-state index contributed by atoms with van der Waals surface area (Å²) >= 11 is 1.22. The van der Waals surface area contributed by atoms with Crippen molar-refractivity contribution in [2.75, 3.05) is 6.61 Å². The monoisotopic (exact) mass is 269 g/mol. The zero-order valence-corrected chi connectivity index (χ0v) is 10.7. The van der Waals surface area contributed by atoms with E-state index in [1.54, 1.807) is 19.2 Å². The molecule has 2 aromatic heterocycles. The van der Waals surface area contributed by atoms with Crippen LogP contribution in [0.1, 0.15) is 12.5 Å². The van der Waals surface area contributed by atoms with E-state index in [4.69, 9.17) is 4.74 Å². The van der Waals surface area contributed by atoms with Crippen molar-refractivity contribution in [3.63, 3.8) is 0 Å². The van der Waals surface area contributed by atoms with Crippen molar-refractivity contribution in [2.45, 2.75) is 20.4 Å². The fourth-order valence-corrected chi connectivity index (χ4v) is 2.65. The Labute approximate surface area is 105 Å². The number of nitrogens with zero attached hydrogens (tertiary/aromatic N) is 1. The third-order valence-electron chi connectivity index (χ3n) is 2.40. The molecule has 0 saturated heterocycles. The summed E-state index contributed by atoms with van der Waals surface area (Å²) in [6.45, 7) is 3.40. The molecule has 0 aromatic carbocycles. The molecule has 2 aromatic rings. The molecule has 0 radical (unpaired) electrons. The van der Waals surface area contributed by atoms with E-state index in [0.717, 1.165) is 10.1 Å². The van der Waals surface area contributed by atoms with Gasteiger partial charge in [0.05, 0.1) is 12.0 Å². The first-order valence-electron chi connectivity index (χ1n) is 5.32. The van der Waals surface area contributed by atoms with Crippen molar-refractivity contribution < 1.29 is 13.9 Å². The molecular weight excluding hydrogens is 258 g/mol. The summed E-state index contributed by atoms with van der Waals surface area (Å²) in [5, 5.41) is 2.08. The molecule has 96 valence electrons. The van der Waals surface area contributed by atoms with Crippen molar-refractivity contribution >= 4 is 27.5 Å². The number of aryl methyl sites for hydroxylation is 1. The summed E-state index contributed by atoms with van der Waals surface area (Å²) < 4.78 is 10.5. The zero-order valence-electron chi connectivity index (χ0n) is 9.89. The molecule has 0 aliphatic heterocycles. The van der Waals surface area contributed by atoms with Gasteiger partial charge >= 0.3 is 17.4 Å². The third-order valence-corrected chi connectivity index (χ3v) is 3.52. The first-order valence-corrected chi connectivity index (χ1v) is 6.20. The maximum atomic E-state index is 11.6. The SMILES string of the molecule is CCOC(=O)Cn1c(=O)oc(=O)c2c(C)csc21. The minimum absolute atomic E-state index is 0.233. The Hall–Kier alpha value is -1.89. The number of carbonyl (C=O) groups excluding carboxylic acids is 1. The number of aromatic nitrogens is 1. The van der Waals surface area contributed by atoms with Gasteiger partial charge in [0.25, 0.3) is 0 Å². The number of fused-ring (bicyclic) bond motifs is 1. The number of ether oxygens (including phenoxy) is 1. The van der Waals surface area contributed by atoms with Gasteiger partial charge in [-0.2, -0.15) is 0 Å². The number of esters is 1. The molecule has 0 saturated carbocycles. The summed E-state index contributed by atoms with van der Waals surface area (Å²) in [4.78, 5) is 35.0. The van der Waals surface area contributed by atoms with E-state index in [9.17, 15) is 14.4 Å². The molecule has 2 heterocycles. The number of thiophene rings is 1. The average molecular weight is 269 g/mol. The highest BCUT2D eigenvalue weighted by Crippen LogP contribution is 2.20. The second kappa shape index (κ2) is 4.77. The van der Waals surface area contributed by atoms with Gasteiger partial charge in [-0.25, -0.2) is 9.59 Å². The standard InChI is InChI=1S/C11H11NO5S/c1-3-16-7(13)4-12-9-8(6(2)5-18-9)10(14)17-11(12)15/h5H,3-4H2,1-2H3. The normalized spacial score (nSPS) is 10.8. The quantitative estimate of drug-likeness (QED) is 0.773. The van der Waals surface area contributed by atoms with Crippen LogP contribution in [-0.2, 0) is 16.1 Å². The van der Waals surface area contributed by atoms with Crippen LogP contribution >= 0.6 is 11.3 Å². The third kappa shape index (κ3) is 2.08. The lowest BCUT2D eigenvalue weighted by atomic mass is 10.3. The van der Waals surface area contributed by atoms with Crippen molar-refractivity contribution in [1.82, 2.24) is 4.57 Å². The van der Waals surface area contributed by atoms with E-state index in [0.29, 0.717) is 10.2 Å². The highest BCUT2D eigenvalue weighted by Gasteiger charge is 2.16. The lowest BCUT2D eigenvalue weighted by molar-refractivity contribution is -0.143. The van der Waals surface area contributed by atoms with Crippen LogP contribution in [0.15, 0.2) is 19.4 Å². The number of hydrogen-bond donors (Lipinski definition) is 0. The molecular formula is C11H11NO5S. The summed E-state index contributed by atoms with van der Waals surface area (Å²) in [5.74, 6) is -1.39. The lowest BCUT2D eigenvalue weighted by Gasteiger charge is -2.05. The summed E-state index contributed by atoms with van der Waals surface area (Å²) in [6, 6.07) is 0. The molecule has 7 heteroatoms. The van der Waals surface area contributed by atoms with Gasteiger partial charge in [0.1, 0.15) is 11.4 Å². The van der Waals surface area contributed by atoms with Gasteiger partial charge in [-0.3, -0.25) is 9.36 Å².